The average Bonchev–Trinajstić information content (AvgIpc) is 2.52. The van der Waals surface area contributed by atoms with Crippen molar-refractivity contribution in [2.45, 2.75) is 11.8 Å². The molecule has 0 saturated carbocycles. The number of alkyl halides is 3. The highest BCUT2D eigenvalue weighted by atomic mass is 19.4. The van der Waals surface area contributed by atoms with Crippen molar-refractivity contribution in [3.05, 3.63) is 54.0 Å². The Labute approximate surface area is 128 Å². The van der Waals surface area contributed by atoms with Gasteiger partial charge in [0, 0.05) is 12.4 Å². The van der Waals surface area contributed by atoms with Crippen LogP contribution in [0.3, 0.4) is 0 Å². The number of aromatic nitrogens is 2. The molecule has 0 saturated heterocycles. The summed E-state index contributed by atoms with van der Waals surface area (Å²) in [6.07, 6.45) is -2.75. The number of carbonyl (C=O) groups is 1. The summed E-state index contributed by atoms with van der Waals surface area (Å²) >= 11 is 0. The SMILES string of the molecule is O=C(O)c1nccnc1NCC(O)(c1ccccc1)C(F)(F)F. The predicted octanol–water partition coefficient (Wildman–Crippen LogP) is 2.04. The number of aromatic carboxylic acids is 1. The third-order valence-corrected chi connectivity index (χ3v) is 3.13. The molecule has 1 unspecified atom stereocenters. The molecule has 0 amide bonds. The standard InChI is InChI=1S/C14H12F3N3O3/c15-14(16,17)13(23,9-4-2-1-3-5-9)8-20-11-10(12(21)22)18-6-7-19-11/h1-7,23H,8H2,(H,19,20)(H,21,22). The van der Waals surface area contributed by atoms with Crippen LogP contribution in [0.1, 0.15) is 16.1 Å². The average molecular weight is 327 g/mol. The first-order valence-corrected chi connectivity index (χ1v) is 6.38. The molecule has 9 heteroatoms. The quantitative estimate of drug-likeness (QED) is 0.778. The van der Waals surface area contributed by atoms with E-state index in [0.717, 1.165) is 24.5 Å². The molecule has 0 spiro atoms. The minimum atomic E-state index is -4.98. The van der Waals surface area contributed by atoms with Crippen LogP contribution in [0.5, 0.6) is 0 Å². The first-order chi connectivity index (χ1) is 10.8. The maximum Gasteiger partial charge on any atom is 0.423 e. The van der Waals surface area contributed by atoms with Gasteiger partial charge in [0.15, 0.2) is 11.5 Å². The summed E-state index contributed by atoms with van der Waals surface area (Å²) in [4.78, 5) is 18.2. The minimum Gasteiger partial charge on any atom is -0.476 e. The number of carboxylic acid groups (broad SMARTS) is 1. The van der Waals surface area contributed by atoms with Gasteiger partial charge in [0.05, 0.1) is 6.54 Å². The third-order valence-electron chi connectivity index (χ3n) is 3.13. The van der Waals surface area contributed by atoms with Crippen LogP contribution in [-0.2, 0) is 5.60 Å². The van der Waals surface area contributed by atoms with Crippen LogP contribution in [0, 0.1) is 0 Å². The number of halogens is 3. The van der Waals surface area contributed by atoms with Crippen molar-refractivity contribution < 1.29 is 28.2 Å². The van der Waals surface area contributed by atoms with Gasteiger partial charge in [0.25, 0.3) is 0 Å². The summed E-state index contributed by atoms with van der Waals surface area (Å²) in [5.74, 6) is -1.81. The second-order valence-electron chi connectivity index (χ2n) is 4.64. The van der Waals surface area contributed by atoms with E-state index in [1.807, 2.05) is 0 Å². The zero-order valence-corrected chi connectivity index (χ0v) is 11.6. The summed E-state index contributed by atoms with van der Waals surface area (Å²) in [6.45, 7) is -1.01. The van der Waals surface area contributed by atoms with Crippen LogP contribution in [-0.4, -0.2) is 38.9 Å². The summed E-state index contributed by atoms with van der Waals surface area (Å²) < 4.78 is 39.9. The molecule has 0 aliphatic carbocycles. The molecule has 0 fully saturated rings. The van der Waals surface area contributed by atoms with Gasteiger partial charge in [0.2, 0.25) is 5.60 Å². The van der Waals surface area contributed by atoms with E-state index in [2.05, 4.69) is 15.3 Å². The lowest BCUT2D eigenvalue weighted by atomic mass is 9.93. The molecule has 1 aromatic heterocycles. The van der Waals surface area contributed by atoms with Gasteiger partial charge in [-0.05, 0) is 5.56 Å². The van der Waals surface area contributed by atoms with Crippen molar-refractivity contribution in [1.29, 1.82) is 0 Å². The molecule has 2 aromatic rings. The minimum absolute atomic E-state index is 0.362. The van der Waals surface area contributed by atoms with E-state index >= 15 is 0 Å². The molecular formula is C14H12F3N3O3. The molecule has 0 aliphatic rings. The van der Waals surface area contributed by atoms with Crippen LogP contribution in [0.4, 0.5) is 19.0 Å². The second kappa shape index (κ2) is 6.21. The van der Waals surface area contributed by atoms with Crippen LogP contribution in [0.15, 0.2) is 42.7 Å². The van der Waals surface area contributed by atoms with Gasteiger partial charge in [-0.25, -0.2) is 14.8 Å². The van der Waals surface area contributed by atoms with Crippen LogP contribution in [0.25, 0.3) is 0 Å². The molecule has 2 rings (SSSR count). The third kappa shape index (κ3) is 3.39. The molecule has 1 aromatic carbocycles. The number of hydrogen-bond donors (Lipinski definition) is 3. The number of nitrogens with one attached hydrogen (secondary N) is 1. The normalized spacial score (nSPS) is 14.1. The van der Waals surface area contributed by atoms with Crippen molar-refractivity contribution in [2.75, 3.05) is 11.9 Å². The topological polar surface area (TPSA) is 95.3 Å². The molecule has 1 atom stereocenters. The van der Waals surface area contributed by atoms with Gasteiger partial charge in [-0.1, -0.05) is 30.3 Å². The van der Waals surface area contributed by atoms with Gasteiger partial charge < -0.3 is 15.5 Å². The van der Waals surface area contributed by atoms with Gasteiger partial charge in [-0.3, -0.25) is 0 Å². The van der Waals surface area contributed by atoms with E-state index < -0.39 is 30.0 Å². The molecule has 23 heavy (non-hydrogen) atoms. The lowest BCUT2D eigenvalue weighted by molar-refractivity contribution is -0.260. The predicted molar refractivity (Wildman–Crippen MR) is 73.9 cm³/mol. The summed E-state index contributed by atoms with van der Waals surface area (Å²) in [6, 6.07) is 6.49. The van der Waals surface area contributed by atoms with E-state index in [-0.39, 0.29) is 11.4 Å². The van der Waals surface area contributed by atoms with Crippen molar-refractivity contribution in [2.24, 2.45) is 0 Å². The number of aliphatic hydroxyl groups is 1. The van der Waals surface area contributed by atoms with Gasteiger partial charge in [-0.15, -0.1) is 0 Å². The molecule has 0 aliphatic heterocycles. The van der Waals surface area contributed by atoms with E-state index in [4.69, 9.17) is 5.11 Å². The molecule has 122 valence electrons. The monoisotopic (exact) mass is 327 g/mol. The Hall–Kier alpha value is -2.68. The number of hydrogen-bond acceptors (Lipinski definition) is 5. The summed E-state index contributed by atoms with van der Waals surface area (Å²) in [5.41, 5.74) is -4.12. The van der Waals surface area contributed by atoms with Crippen molar-refractivity contribution >= 4 is 11.8 Å². The van der Waals surface area contributed by atoms with Crippen molar-refractivity contribution in [3.63, 3.8) is 0 Å². The fourth-order valence-electron chi connectivity index (χ4n) is 1.92. The van der Waals surface area contributed by atoms with Crippen LogP contribution in [0.2, 0.25) is 0 Å². The first-order valence-electron chi connectivity index (χ1n) is 6.38. The second-order valence-corrected chi connectivity index (χ2v) is 4.64. The zero-order chi connectivity index (χ0) is 17.1. The Morgan fingerprint density at radius 3 is 2.30 bits per heavy atom. The van der Waals surface area contributed by atoms with Crippen molar-refractivity contribution in [1.82, 2.24) is 9.97 Å². The van der Waals surface area contributed by atoms with Crippen LogP contribution >= 0.6 is 0 Å². The summed E-state index contributed by atoms with van der Waals surface area (Å²) in [7, 11) is 0. The number of rotatable bonds is 5. The number of benzene rings is 1. The molecule has 3 N–H and O–H groups in total. The molecule has 0 bridgehead atoms. The number of carboxylic acids is 1. The lowest BCUT2D eigenvalue weighted by Gasteiger charge is -2.31. The zero-order valence-electron chi connectivity index (χ0n) is 11.6. The highest BCUT2D eigenvalue weighted by Crippen LogP contribution is 2.39. The Morgan fingerprint density at radius 1 is 1.13 bits per heavy atom. The van der Waals surface area contributed by atoms with Crippen LogP contribution < -0.4 is 5.32 Å². The maximum atomic E-state index is 13.3. The Morgan fingerprint density at radius 2 is 1.74 bits per heavy atom. The Bertz CT molecular complexity index is 694. The Kier molecular flexibility index (Phi) is 4.50. The highest BCUT2D eigenvalue weighted by Gasteiger charge is 2.55. The number of nitrogens with zero attached hydrogens (tertiary/aromatic N) is 2. The van der Waals surface area contributed by atoms with Gasteiger partial charge in [-0.2, -0.15) is 13.2 Å². The van der Waals surface area contributed by atoms with Crippen molar-refractivity contribution in [3.8, 4) is 0 Å². The lowest BCUT2D eigenvalue weighted by Crippen LogP contribution is -2.48. The summed E-state index contributed by atoms with van der Waals surface area (Å²) in [5, 5.41) is 21.3. The Balaban J connectivity index is 2.33. The molecule has 6 nitrogen and oxygen atoms in total. The smallest absolute Gasteiger partial charge is 0.423 e. The molecule has 0 radical (unpaired) electrons. The highest BCUT2D eigenvalue weighted by molar-refractivity contribution is 5.90. The largest absolute Gasteiger partial charge is 0.476 e. The van der Waals surface area contributed by atoms with Gasteiger partial charge in [0.1, 0.15) is 0 Å². The molecule has 1 heterocycles. The molecular weight excluding hydrogens is 315 g/mol. The fraction of sp³-hybridized carbons (Fsp3) is 0.214. The fourth-order valence-corrected chi connectivity index (χ4v) is 1.92. The number of anilines is 1. The first kappa shape index (κ1) is 16.7. The van der Waals surface area contributed by atoms with E-state index in [9.17, 15) is 23.1 Å². The van der Waals surface area contributed by atoms with E-state index in [1.54, 1.807) is 0 Å². The van der Waals surface area contributed by atoms with Gasteiger partial charge >= 0.3 is 12.1 Å². The van der Waals surface area contributed by atoms with E-state index in [0.29, 0.717) is 0 Å². The van der Waals surface area contributed by atoms with E-state index in [1.165, 1.54) is 18.2 Å². The maximum absolute atomic E-state index is 13.3.